The monoisotopic (exact) mass is 587 g/mol. The number of halogens is 2. The van der Waals surface area contributed by atoms with Crippen molar-refractivity contribution in [3.8, 4) is 22.9 Å². The Morgan fingerprint density at radius 1 is 0.974 bits per heavy atom. The molecule has 5 aromatic rings. The van der Waals surface area contributed by atoms with Crippen molar-refractivity contribution in [2.45, 2.75) is 13.5 Å². The molecule has 0 spiro atoms. The van der Waals surface area contributed by atoms with E-state index in [1.165, 1.54) is 4.68 Å². The van der Waals surface area contributed by atoms with Gasteiger partial charge in [0.25, 0.3) is 5.56 Å². The van der Waals surface area contributed by atoms with E-state index in [1.54, 1.807) is 12.3 Å². The van der Waals surface area contributed by atoms with Crippen molar-refractivity contribution in [2.75, 3.05) is 6.61 Å². The van der Waals surface area contributed by atoms with Gasteiger partial charge in [0.15, 0.2) is 17.3 Å². The molecule has 0 fully saturated rings. The number of fused-ring (bicyclic) bond motifs is 1. The van der Waals surface area contributed by atoms with E-state index < -0.39 is 0 Å². The molecule has 0 aliphatic carbocycles. The van der Waals surface area contributed by atoms with Crippen molar-refractivity contribution in [3.05, 3.63) is 122 Å². The van der Waals surface area contributed by atoms with Gasteiger partial charge in [-0.1, -0.05) is 72.3 Å². The summed E-state index contributed by atoms with van der Waals surface area (Å²) in [5.74, 6) is 1.55. The van der Waals surface area contributed by atoms with E-state index in [-0.39, 0.29) is 12.2 Å². The second-order valence-corrected chi connectivity index (χ2v) is 9.58. The van der Waals surface area contributed by atoms with Gasteiger partial charge in [-0.05, 0) is 58.7 Å². The summed E-state index contributed by atoms with van der Waals surface area (Å²) in [4.78, 5) is 18.2. The summed E-state index contributed by atoms with van der Waals surface area (Å²) in [5, 5.41) is 5.68. The molecular formula is C30H23BrClN3O3. The van der Waals surface area contributed by atoms with E-state index in [1.807, 2.05) is 91.9 Å². The van der Waals surface area contributed by atoms with Crippen molar-refractivity contribution in [1.29, 1.82) is 0 Å². The standard InChI is InChI=1S/C30H23BrClN3O3/c1-2-37-27-17-20(16-24(31)28(27)38-19-22-12-6-8-14-25(22)32)18-33-35-29(21-10-4-3-5-11-21)34-26-15-9-7-13-23(26)30(35)36/h3-18H,2,19H2,1H3. The van der Waals surface area contributed by atoms with Crippen molar-refractivity contribution < 1.29 is 9.47 Å². The molecule has 38 heavy (non-hydrogen) atoms. The van der Waals surface area contributed by atoms with Crippen LogP contribution in [0.4, 0.5) is 0 Å². The van der Waals surface area contributed by atoms with Gasteiger partial charge >= 0.3 is 0 Å². The molecule has 0 radical (unpaired) electrons. The largest absolute Gasteiger partial charge is 0.490 e. The summed E-state index contributed by atoms with van der Waals surface area (Å²) < 4.78 is 14.0. The van der Waals surface area contributed by atoms with Crippen molar-refractivity contribution >= 4 is 44.6 Å². The average molecular weight is 589 g/mol. The van der Waals surface area contributed by atoms with E-state index in [4.69, 9.17) is 26.1 Å². The van der Waals surface area contributed by atoms with Crippen LogP contribution in [0.5, 0.6) is 11.5 Å². The highest BCUT2D eigenvalue weighted by Gasteiger charge is 2.15. The molecule has 0 atom stereocenters. The first kappa shape index (κ1) is 25.7. The minimum atomic E-state index is -0.255. The van der Waals surface area contributed by atoms with Crippen LogP contribution in [0.2, 0.25) is 5.02 Å². The van der Waals surface area contributed by atoms with Crippen molar-refractivity contribution in [3.63, 3.8) is 0 Å². The molecule has 0 saturated carbocycles. The molecule has 0 unspecified atom stereocenters. The molecule has 1 heterocycles. The van der Waals surface area contributed by atoms with Crippen LogP contribution in [0.15, 0.2) is 105 Å². The van der Waals surface area contributed by atoms with Crippen LogP contribution in [-0.4, -0.2) is 22.5 Å². The third-order valence-corrected chi connectivity index (χ3v) is 6.73. The predicted octanol–water partition coefficient (Wildman–Crippen LogP) is 7.34. The zero-order valence-electron chi connectivity index (χ0n) is 20.5. The molecule has 190 valence electrons. The third-order valence-electron chi connectivity index (χ3n) is 5.77. The fourth-order valence-electron chi connectivity index (χ4n) is 3.96. The fraction of sp³-hybridized carbons (Fsp3) is 0.100. The van der Waals surface area contributed by atoms with Gasteiger partial charge in [0.1, 0.15) is 6.61 Å². The minimum absolute atomic E-state index is 0.255. The lowest BCUT2D eigenvalue weighted by Crippen LogP contribution is -2.20. The van der Waals surface area contributed by atoms with Crippen LogP contribution in [0, 0.1) is 0 Å². The number of hydrogen-bond acceptors (Lipinski definition) is 5. The lowest BCUT2D eigenvalue weighted by atomic mass is 10.2. The number of aromatic nitrogens is 2. The van der Waals surface area contributed by atoms with Crippen LogP contribution in [0.25, 0.3) is 22.3 Å². The highest BCUT2D eigenvalue weighted by molar-refractivity contribution is 9.10. The topological polar surface area (TPSA) is 65.7 Å². The van der Waals surface area contributed by atoms with Crippen LogP contribution < -0.4 is 15.0 Å². The van der Waals surface area contributed by atoms with Gasteiger partial charge in [0.05, 0.1) is 28.2 Å². The minimum Gasteiger partial charge on any atom is -0.490 e. The second kappa shape index (κ2) is 11.6. The summed E-state index contributed by atoms with van der Waals surface area (Å²) in [6.07, 6.45) is 1.61. The van der Waals surface area contributed by atoms with Crippen LogP contribution in [0.3, 0.4) is 0 Å². The molecule has 8 heteroatoms. The SMILES string of the molecule is CCOc1cc(C=Nn2c(-c3ccccc3)nc3ccccc3c2=O)cc(Br)c1OCc1ccccc1Cl. The van der Waals surface area contributed by atoms with E-state index in [0.717, 1.165) is 11.1 Å². The zero-order valence-corrected chi connectivity index (χ0v) is 22.8. The molecule has 0 aliphatic rings. The summed E-state index contributed by atoms with van der Waals surface area (Å²) in [6.45, 7) is 2.63. The highest BCUT2D eigenvalue weighted by Crippen LogP contribution is 2.37. The number of hydrogen-bond donors (Lipinski definition) is 0. The van der Waals surface area contributed by atoms with Crippen molar-refractivity contribution in [2.24, 2.45) is 5.10 Å². The lowest BCUT2D eigenvalue weighted by Gasteiger charge is -2.15. The molecule has 6 nitrogen and oxygen atoms in total. The number of para-hydroxylation sites is 1. The summed E-state index contributed by atoms with van der Waals surface area (Å²) >= 11 is 9.89. The Morgan fingerprint density at radius 3 is 2.50 bits per heavy atom. The predicted molar refractivity (Wildman–Crippen MR) is 156 cm³/mol. The maximum absolute atomic E-state index is 13.4. The Bertz CT molecular complexity index is 1690. The van der Waals surface area contributed by atoms with Crippen LogP contribution >= 0.6 is 27.5 Å². The number of rotatable bonds is 8. The first-order valence-corrected chi connectivity index (χ1v) is 13.2. The maximum atomic E-state index is 13.4. The third kappa shape index (κ3) is 5.49. The smallest absolute Gasteiger partial charge is 0.282 e. The molecule has 4 aromatic carbocycles. The molecule has 0 N–H and O–H groups in total. The van der Waals surface area contributed by atoms with Crippen molar-refractivity contribution in [1.82, 2.24) is 9.66 Å². The molecule has 0 aliphatic heterocycles. The molecule has 0 saturated heterocycles. The van der Waals surface area contributed by atoms with Gasteiger partial charge in [0, 0.05) is 16.1 Å². The Hall–Kier alpha value is -3.94. The van der Waals surface area contributed by atoms with Crippen LogP contribution in [0.1, 0.15) is 18.1 Å². The van der Waals surface area contributed by atoms with Gasteiger partial charge in [-0.2, -0.15) is 9.78 Å². The Morgan fingerprint density at radius 2 is 1.71 bits per heavy atom. The summed E-state index contributed by atoms with van der Waals surface area (Å²) in [5.41, 5.74) is 2.72. The number of nitrogens with zero attached hydrogens (tertiary/aromatic N) is 3. The normalized spacial score (nSPS) is 11.2. The first-order valence-electron chi connectivity index (χ1n) is 12.0. The Balaban J connectivity index is 1.53. The van der Waals surface area contributed by atoms with E-state index in [0.29, 0.717) is 49.9 Å². The Labute approximate surface area is 233 Å². The highest BCUT2D eigenvalue weighted by atomic mass is 79.9. The molecule has 0 amide bonds. The lowest BCUT2D eigenvalue weighted by molar-refractivity contribution is 0.267. The van der Waals surface area contributed by atoms with Gasteiger partial charge in [-0.25, -0.2) is 4.98 Å². The summed E-state index contributed by atoms with van der Waals surface area (Å²) in [7, 11) is 0. The quantitative estimate of drug-likeness (QED) is 0.178. The molecular weight excluding hydrogens is 566 g/mol. The van der Waals surface area contributed by atoms with Gasteiger partial charge in [0.2, 0.25) is 0 Å². The molecule has 5 rings (SSSR count). The molecule has 0 bridgehead atoms. The van der Waals surface area contributed by atoms with Gasteiger partial charge in [-0.15, -0.1) is 0 Å². The fourth-order valence-corrected chi connectivity index (χ4v) is 4.72. The summed E-state index contributed by atoms with van der Waals surface area (Å²) in [6, 6.07) is 28.0. The molecule has 1 aromatic heterocycles. The second-order valence-electron chi connectivity index (χ2n) is 8.32. The number of benzene rings is 4. The van der Waals surface area contributed by atoms with E-state index >= 15 is 0 Å². The maximum Gasteiger partial charge on any atom is 0.282 e. The van der Waals surface area contributed by atoms with E-state index in [9.17, 15) is 4.79 Å². The Kier molecular flexibility index (Phi) is 7.86. The first-order chi connectivity index (χ1) is 18.5. The number of ether oxygens (including phenoxy) is 2. The zero-order chi connectivity index (χ0) is 26.5. The van der Waals surface area contributed by atoms with E-state index in [2.05, 4.69) is 21.0 Å². The van der Waals surface area contributed by atoms with Gasteiger partial charge in [-0.3, -0.25) is 4.79 Å². The average Bonchev–Trinajstić information content (AvgIpc) is 2.93. The van der Waals surface area contributed by atoms with Gasteiger partial charge < -0.3 is 9.47 Å². The van der Waals surface area contributed by atoms with Crippen LogP contribution in [-0.2, 0) is 6.61 Å².